The molecule has 104 valence electrons. The van der Waals surface area contributed by atoms with Crippen LogP contribution in [0.15, 0.2) is 12.4 Å². The third-order valence-electron chi connectivity index (χ3n) is 3.55. The van der Waals surface area contributed by atoms with Crippen LogP contribution in [0.3, 0.4) is 0 Å². The van der Waals surface area contributed by atoms with Gasteiger partial charge in [0.25, 0.3) is 0 Å². The van der Waals surface area contributed by atoms with E-state index >= 15 is 0 Å². The van der Waals surface area contributed by atoms with Crippen LogP contribution in [0.25, 0.3) is 0 Å². The lowest BCUT2D eigenvalue weighted by Crippen LogP contribution is -2.41. The van der Waals surface area contributed by atoms with Crippen molar-refractivity contribution in [2.75, 3.05) is 11.4 Å². The summed E-state index contributed by atoms with van der Waals surface area (Å²) < 4.78 is 0. The number of rotatable bonds is 4. The van der Waals surface area contributed by atoms with E-state index in [-0.39, 0.29) is 0 Å². The number of anilines is 1. The van der Waals surface area contributed by atoms with E-state index in [4.69, 9.17) is 0 Å². The van der Waals surface area contributed by atoms with Crippen LogP contribution >= 0.6 is 0 Å². The second-order valence-electron chi connectivity index (χ2n) is 5.01. The van der Waals surface area contributed by atoms with E-state index in [1.165, 1.54) is 0 Å². The maximum Gasteiger partial charge on any atom is 0.326 e. The van der Waals surface area contributed by atoms with Gasteiger partial charge in [-0.2, -0.15) is 0 Å². The van der Waals surface area contributed by atoms with E-state index in [2.05, 4.69) is 16.9 Å². The highest BCUT2D eigenvalue weighted by molar-refractivity contribution is 5.77. The van der Waals surface area contributed by atoms with Crippen LogP contribution in [-0.2, 0) is 11.2 Å². The summed E-state index contributed by atoms with van der Waals surface area (Å²) in [5, 5.41) is 9.38. The van der Waals surface area contributed by atoms with Gasteiger partial charge in [0, 0.05) is 18.3 Å². The number of aliphatic carboxylic acids is 1. The maximum absolute atomic E-state index is 11.4. The molecule has 1 aromatic heterocycles. The molecule has 19 heavy (non-hydrogen) atoms. The smallest absolute Gasteiger partial charge is 0.326 e. The standard InChI is InChI=1S/C14H21N3O2/c1-2-6-11-9-13(16-10-15-11)17-8-5-3-4-7-12(17)14(18)19/h9-10,12H,2-8H2,1H3,(H,18,19). The summed E-state index contributed by atoms with van der Waals surface area (Å²) in [5.74, 6) is 0.00491. The Labute approximate surface area is 113 Å². The van der Waals surface area contributed by atoms with Crippen molar-refractivity contribution < 1.29 is 9.90 Å². The molecule has 0 aliphatic carbocycles. The molecule has 0 saturated carbocycles. The quantitative estimate of drug-likeness (QED) is 0.902. The lowest BCUT2D eigenvalue weighted by atomic mass is 10.1. The second kappa shape index (κ2) is 6.50. The van der Waals surface area contributed by atoms with Gasteiger partial charge in [-0.3, -0.25) is 0 Å². The zero-order valence-corrected chi connectivity index (χ0v) is 11.4. The number of carboxylic acids is 1. The molecule has 0 aromatic carbocycles. The van der Waals surface area contributed by atoms with Gasteiger partial charge in [-0.1, -0.05) is 26.2 Å². The summed E-state index contributed by atoms with van der Waals surface area (Å²) in [4.78, 5) is 21.8. The Morgan fingerprint density at radius 1 is 1.42 bits per heavy atom. The van der Waals surface area contributed by atoms with Crippen molar-refractivity contribution in [2.24, 2.45) is 0 Å². The molecular weight excluding hydrogens is 242 g/mol. The molecular formula is C14H21N3O2. The average Bonchev–Trinajstić information content (AvgIpc) is 2.65. The third kappa shape index (κ3) is 3.43. The molecule has 1 saturated heterocycles. The number of hydrogen-bond donors (Lipinski definition) is 1. The zero-order valence-electron chi connectivity index (χ0n) is 11.4. The Bertz CT molecular complexity index is 436. The molecule has 1 fully saturated rings. The summed E-state index contributed by atoms with van der Waals surface area (Å²) in [6, 6.07) is 1.48. The Morgan fingerprint density at radius 2 is 2.26 bits per heavy atom. The molecule has 1 N–H and O–H groups in total. The van der Waals surface area contributed by atoms with E-state index in [1.54, 1.807) is 6.33 Å². The summed E-state index contributed by atoms with van der Waals surface area (Å²) >= 11 is 0. The molecule has 1 aliphatic rings. The zero-order chi connectivity index (χ0) is 13.7. The van der Waals surface area contributed by atoms with Crippen LogP contribution in [-0.4, -0.2) is 33.6 Å². The topological polar surface area (TPSA) is 66.3 Å². The van der Waals surface area contributed by atoms with Gasteiger partial charge >= 0.3 is 5.97 Å². The highest BCUT2D eigenvalue weighted by Crippen LogP contribution is 2.23. The average molecular weight is 263 g/mol. The van der Waals surface area contributed by atoms with Crippen LogP contribution in [0, 0.1) is 0 Å². The van der Waals surface area contributed by atoms with Gasteiger partial charge < -0.3 is 10.0 Å². The Morgan fingerprint density at radius 3 is 3.00 bits per heavy atom. The normalized spacial score (nSPS) is 20.1. The second-order valence-corrected chi connectivity index (χ2v) is 5.01. The molecule has 1 aromatic rings. The molecule has 5 heteroatoms. The molecule has 1 unspecified atom stereocenters. The van der Waals surface area contributed by atoms with Crippen LogP contribution in [0.5, 0.6) is 0 Å². The Balaban J connectivity index is 2.25. The van der Waals surface area contributed by atoms with Gasteiger partial charge in [0.15, 0.2) is 0 Å². The number of aromatic nitrogens is 2. The van der Waals surface area contributed by atoms with Gasteiger partial charge in [0.05, 0.1) is 0 Å². The monoisotopic (exact) mass is 263 g/mol. The number of carbonyl (C=O) groups is 1. The molecule has 0 amide bonds. The molecule has 0 radical (unpaired) electrons. The summed E-state index contributed by atoms with van der Waals surface area (Å²) in [6.45, 7) is 2.87. The van der Waals surface area contributed by atoms with Gasteiger partial charge in [-0.25, -0.2) is 14.8 Å². The van der Waals surface area contributed by atoms with Crippen LogP contribution in [0.1, 0.15) is 44.7 Å². The van der Waals surface area contributed by atoms with Crippen LogP contribution < -0.4 is 4.90 Å². The van der Waals surface area contributed by atoms with E-state index in [0.29, 0.717) is 6.42 Å². The van der Waals surface area contributed by atoms with Gasteiger partial charge in [0.2, 0.25) is 0 Å². The van der Waals surface area contributed by atoms with Crippen molar-refractivity contribution in [2.45, 2.75) is 51.5 Å². The number of nitrogens with zero attached hydrogens (tertiary/aromatic N) is 3. The first-order chi connectivity index (χ1) is 9.22. The van der Waals surface area contributed by atoms with Crippen molar-refractivity contribution in [1.29, 1.82) is 0 Å². The fourth-order valence-electron chi connectivity index (χ4n) is 2.57. The van der Waals surface area contributed by atoms with Crippen LogP contribution in [0.2, 0.25) is 0 Å². The highest BCUT2D eigenvalue weighted by Gasteiger charge is 2.28. The van der Waals surface area contributed by atoms with Crippen molar-refractivity contribution in [3.63, 3.8) is 0 Å². The minimum absolute atomic E-state index is 0.452. The van der Waals surface area contributed by atoms with Crippen LogP contribution in [0.4, 0.5) is 5.82 Å². The fourth-order valence-corrected chi connectivity index (χ4v) is 2.57. The lowest BCUT2D eigenvalue weighted by Gasteiger charge is -2.28. The van der Waals surface area contributed by atoms with E-state index < -0.39 is 12.0 Å². The van der Waals surface area contributed by atoms with Crippen molar-refractivity contribution >= 4 is 11.8 Å². The van der Waals surface area contributed by atoms with E-state index in [9.17, 15) is 9.90 Å². The van der Waals surface area contributed by atoms with E-state index in [1.807, 2.05) is 11.0 Å². The molecule has 2 heterocycles. The highest BCUT2D eigenvalue weighted by atomic mass is 16.4. The van der Waals surface area contributed by atoms with Gasteiger partial charge in [-0.05, 0) is 19.3 Å². The SMILES string of the molecule is CCCc1cc(N2CCCCCC2C(=O)O)ncn1. The molecule has 0 spiro atoms. The molecule has 0 bridgehead atoms. The molecule has 1 aliphatic heterocycles. The number of hydrogen-bond acceptors (Lipinski definition) is 4. The summed E-state index contributed by atoms with van der Waals surface area (Å²) in [7, 11) is 0. The van der Waals surface area contributed by atoms with Crippen molar-refractivity contribution in [3.8, 4) is 0 Å². The predicted octanol–water partition coefficient (Wildman–Crippen LogP) is 2.26. The first-order valence-electron chi connectivity index (χ1n) is 7.02. The van der Waals surface area contributed by atoms with Gasteiger partial charge in [-0.15, -0.1) is 0 Å². The predicted molar refractivity (Wildman–Crippen MR) is 73.3 cm³/mol. The maximum atomic E-state index is 11.4. The van der Waals surface area contributed by atoms with Crippen molar-refractivity contribution in [1.82, 2.24) is 9.97 Å². The largest absolute Gasteiger partial charge is 0.480 e. The first kappa shape index (κ1) is 13.8. The van der Waals surface area contributed by atoms with Crippen molar-refractivity contribution in [3.05, 3.63) is 18.1 Å². The minimum atomic E-state index is -0.752. The summed E-state index contributed by atoms with van der Waals surface area (Å²) in [6.07, 6.45) is 7.26. The molecule has 1 atom stereocenters. The minimum Gasteiger partial charge on any atom is -0.480 e. The van der Waals surface area contributed by atoms with Gasteiger partial charge in [0.1, 0.15) is 18.2 Å². The fraction of sp³-hybridized carbons (Fsp3) is 0.643. The van der Waals surface area contributed by atoms with E-state index in [0.717, 1.165) is 50.2 Å². The first-order valence-corrected chi connectivity index (χ1v) is 7.02. The number of carboxylic acid groups (broad SMARTS) is 1. The number of aryl methyl sites for hydroxylation is 1. The Hall–Kier alpha value is -1.65. The third-order valence-corrected chi connectivity index (χ3v) is 3.55. The Kier molecular flexibility index (Phi) is 4.71. The molecule has 5 nitrogen and oxygen atoms in total. The summed E-state index contributed by atoms with van der Waals surface area (Å²) in [5.41, 5.74) is 0.987. The molecule has 2 rings (SSSR count). The lowest BCUT2D eigenvalue weighted by molar-refractivity contribution is -0.138.